The number of esters is 1. The van der Waals surface area contributed by atoms with E-state index in [1.165, 1.54) is 25.3 Å². The highest BCUT2D eigenvalue weighted by atomic mass is 16.5. The van der Waals surface area contributed by atoms with Crippen molar-refractivity contribution in [1.82, 2.24) is 9.88 Å². The number of ether oxygens (including phenoxy) is 2. The number of rotatable bonds is 5. The Morgan fingerprint density at radius 1 is 1.37 bits per heavy atom. The normalized spacial score (nSPS) is 10.2. The summed E-state index contributed by atoms with van der Waals surface area (Å²) in [7, 11) is 2.73. The molecule has 1 heterocycles. The Bertz CT molecular complexity index is 460. The molecule has 6 heteroatoms. The van der Waals surface area contributed by atoms with E-state index in [1.54, 1.807) is 12.1 Å². The van der Waals surface area contributed by atoms with Crippen LogP contribution < -0.4 is 4.74 Å². The summed E-state index contributed by atoms with van der Waals surface area (Å²) in [5, 5.41) is 0. The molecule has 0 aliphatic carbocycles. The Morgan fingerprint density at radius 2 is 2.05 bits per heavy atom. The van der Waals surface area contributed by atoms with Crippen molar-refractivity contribution in [2.45, 2.75) is 19.9 Å². The summed E-state index contributed by atoms with van der Waals surface area (Å²) >= 11 is 0. The quantitative estimate of drug-likeness (QED) is 0.747. The van der Waals surface area contributed by atoms with E-state index in [0.717, 1.165) is 0 Å². The highest BCUT2D eigenvalue weighted by molar-refractivity contribution is 5.98. The first kappa shape index (κ1) is 14.9. The molecule has 19 heavy (non-hydrogen) atoms. The van der Waals surface area contributed by atoms with Crippen LogP contribution in [0.25, 0.3) is 0 Å². The fourth-order valence-electron chi connectivity index (χ4n) is 1.56. The van der Waals surface area contributed by atoms with Crippen LogP contribution >= 0.6 is 0 Å². The summed E-state index contributed by atoms with van der Waals surface area (Å²) in [6, 6.07) is 3.12. The van der Waals surface area contributed by atoms with Crippen LogP contribution in [0.1, 0.15) is 24.2 Å². The number of hydrogen-bond donors (Lipinski definition) is 0. The average molecular weight is 266 g/mol. The van der Waals surface area contributed by atoms with Crippen molar-refractivity contribution in [3.63, 3.8) is 0 Å². The third-order valence-electron chi connectivity index (χ3n) is 2.61. The van der Waals surface area contributed by atoms with Gasteiger partial charge in [-0.05, 0) is 26.0 Å². The number of hydrogen-bond acceptors (Lipinski definition) is 5. The zero-order valence-corrected chi connectivity index (χ0v) is 11.5. The molecule has 0 aliphatic rings. The minimum absolute atomic E-state index is 0.106. The van der Waals surface area contributed by atoms with Gasteiger partial charge in [0.15, 0.2) is 0 Å². The van der Waals surface area contributed by atoms with Crippen molar-refractivity contribution < 1.29 is 19.1 Å². The lowest BCUT2D eigenvalue weighted by molar-refractivity contribution is -0.141. The van der Waals surface area contributed by atoms with E-state index in [2.05, 4.69) is 9.72 Å². The fraction of sp³-hybridized carbons (Fsp3) is 0.462. The van der Waals surface area contributed by atoms with Gasteiger partial charge in [0.2, 0.25) is 5.88 Å². The maximum atomic E-state index is 12.4. The second kappa shape index (κ2) is 6.72. The molecule has 0 spiro atoms. The minimum atomic E-state index is -0.468. The maximum Gasteiger partial charge on any atom is 0.325 e. The van der Waals surface area contributed by atoms with Crippen molar-refractivity contribution in [2.75, 3.05) is 20.8 Å². The first-order valence-electron chi connectivity index (χ1n) is 5.88. The smallest absolute Gasteiger partial charge is 0.325 e. The van der Waals surface area contributed by atoms with Crippen LogP contribution in [0, 0.1) is 0 Å². The highest BCUT2D eigenvalue weighted by Crippen LogP contribution is 2.17. The van der Waals surface area contributed by atoms with Crippen LogP contribution in [0.3, 0.4) is 0 Å². The Morgan fingerprint density at radius 3 is 2.58 bits per heavy atom. The van der Waals surface area contributed by atoms with E-state index in [-0.39, 0.29) is 24.4 Å². The zero-order chi connectivity index (χ0) is 14.4. The predicted molar refractivity (Wildman–Crippen MR) is 69.0 cm³/mol. The molecule has 0 radical (unpaired) electrons. The number of amides is 1. The molecular weight excluding hydrogens is 248 g/mol. The third kappa shape index (κ3) is 3.67. The molecule has 0 unspecified atom stereocenters. The van der Waals surface area contributed by atoms with Gasteiger partial charge in [-0.1, -0.05) is 0 Å². The highest BCUT2D eigenvalue weighted by Gasteiger charge is 2.24. The molecule has 0 N–H and O–H groups in total. The largest absolute Gasteiger partial charge is 0.480 e. The second-order valence-electron chi connectivity index (χ2n) is 4.16. The number of aromatic nitrogens is 1. The summed E-state index contributed by atoms with van der Waals surface area (Å²) < 4.78 is 9.65. The van der Waals surface area contributed by atoms with Crippen LogP contribution in [0.2, 0.25) is 0 Å². The summed E-state index contributed by atoms with van der Waals surface area (Å²) in [5.74, 6) is -0.543. The Balaban J connectivity index is 3.02. The molecule has 0 aliphatic heterocycles. The van der Waals surface area contributed by atoms with E-state index < -0.39 is 5.97 Å². The maximum absolute atomic E-state index is 12.4. The lowest BCUT2D eigenvalue weighted by Gasteiger charge is -2.25. The summed E-state index contributed by atoms with van der Waals surface area (Å²) in [4.78, 5) is 29.2. The molecule has 1 rings (SSSR count). The van der Waals surface area contributed by atoms with Crippen molar-refractivity contribution in [3.8, 4) is 5.88 Å². The SMILES string of the molecule is COC(=O)CN(C(=O)c1cccnc1OC)C(C)C. The van der Waals surface area contributed by atoms with Crippen LogP contribution in [0.4, 0.5) is 0 Å². The molecule has 0 saturated heterocycles. The zero-order valence-electron chi connectivity index (χ0n) is 11.5. The van der Waals surface area contributed by atoms with Gasteiger partial charge in [-0.15, -0.1) is 0 Å². The summed E-state index contributed by atoms with van der Waals surface area (Å²) in [6.45, 7) is 3.54. The fourth-order valence-corrected chi connectivity index (χ4v) is 1.56. The molecule has 104 valence electrons. The standard InChI is InChI=1S/C13H18N2O4/c1-9(2)15(8-11(16)18-3)13(17)10-6-5-7-14-12(10)19-4/h5-7,9H,8H2,1-4H3. The number of carbonyl (C=O) groups excluding carboxylic acids is 2. The van der Waals surface area contributed by atoms with Crippen LogP contribution in [-0.2, 0) is 9.53 Å². The summed E-state index contributed by atoms with van der Waals surface area (Å²) in [5.41, 5.74) is 0.322. The van der Waals surface area contributed by atoms with E-state index >= 15 is 0 Å². The van der Waals surface area contributed by atoms with Gasteiger partial charge in [0.05, 0.1) is 14.2 Å². The molecule has 1 amide bonds. The van der Waals surface area contributed by atoms with E-state index in [9.17, 15) is 9.59 Å². The first-order chi connectivity index (χ1) is 9.01. The van der Waals surface area contributed by atoms with Gasteiger partial charge in [-0.25, -0.2) is 4.98 Å². The molecule has 1 aromatic heterocycles. The average Bonchev–Trinajstić information content (AvgIpc) is 2.43. The van der Waals surface area contributed by atoms with E-state index in [0.29, 0.717) is 5.56 Å². The van der Waals surface area contributed by atoms with Gasteiger partial charge in [0.1, 0.15) is 12.1 Å². The Labute approximate surface area is 112 Å². The third-order valence-corrected chi connectivity index (χ3v) is 2.61. The monoisotopic (exact) mass is 266 g/mol. The number of carbonyl (C=O) groups is 2. The van der Waals surface area contributed by atoms with Crippen molar-refractivity contribution in [3.05, 3.63) is 23.9 Å². The Kier molecular flexibility index (Phi) is 5.29. The van der Waals surface area contributed by atoms with Crippen LogP contribution in [-0.4, -0.2) is 48.6 Å². The minimum Gasteiger partial charge on any atom is -0.480 e. The number of nitrogens with zero attached hydrogens (tertiary/aromatic N) is 2. The molecule has 0 atom stereocenters. The number of methoxy groups -OCH3 is 2. The van der Waals surface area contributed by atoms with Gasteiger partial charge < -0.3 is 14.4 Å². The Hall–Kier alpha value is -2.11. The van der Waals surface area contributed by atoms with Gasteiger partial charge in [-0.2, -0.15) is 0 Å². The molecule has 1 aromatic rings. The lowest BCUT2D eigenvalue weighted by atomic mass is 10.2. The van der Waals surface area contributed by atoms with Crippen molar-refractivity contribution in [2.24, 2.45) is 0 Å². The topological polar surface area (TPSA) is 68.7 Å². The molecule has 6 nitrogen and oxygen atoms in total. The molecule has 0 aromatic carbocycles. The van der Waals surface area contributed by atoms with Crippen LogP contribution in [0.5, 0.6) is 5.88 Å². The molecule has 0 fully saturated rings. The van der Waals surface area contributed by atoms with Crippen LogP contribution in [0.15, 0.2) is 18.3 Å². The molecule has 0 bridgehead atoms. The van der Waals surface area contributed by atoms with Gasteiger partial charge in [0.25, 0.3) is 5.91 Å². The van der Waals surface area contributed by atoms with Crippen molar-refractivity contribution >= 4 is 11.9 Å². The number of pyridine rings is 1. The predicted octanol–water partition coefficient (Wildman–Crippen LogP) is 1.11. The van der Waals surface area contributed by atoms with Gasteiger partial charge in [-0.3, -0.25) is 9.59 Å². The molecule has 0 saturated carbocycles. The lowest BCUT2D eigenvalue weighted by Crippen LogP contribution is -2.41. The van der Waals surface area contributed by atoms with Gasteiger partial charge in [0, 0.05) is 12.2 Å². The van der Waals surface area contributed by atoms with E-state index in [1.807, 2.05) is 13.8 Å². The molecular formula is C13H18N2O4. The summed E-state index contributed by atoms with van der Waals surface area (Å²) in [6.07, 6.45) is 1.54. The first-order valence-corrected chi connectivity index (χ1v) is 5.88. The van der Waals surface area contributed by atoms with E-state index in [4.69, 9.17) is 4.74 Å². The van der Waals surface area contributed by atoms with Gasteiger partial charge >= 0.3 is 5.97 Å². The second-order valence-corrected chi connectivity index (χ2v) is 4.16. The van der Waals surface area contributed by atoms with Crippen molar-refractivity contribution in [1.29, 1.82) is 0 Å².